The van der Waals surface area contributed by atoms with E-state index in [0.29, 0.717) is 0 Å². The Morgan fingerprint density at radius 2 is 2.11 bits per heavy atom. The zero-order valence-corrected chi connectivity index (χ0v) is 9.80. The molecule has 2 rings (SSSR count). The molecule has 2 heterocycles. The lowest BCUT2D eigenvalue weighted by Crippen LogP contribution is -2.24. The fourth-order valence-corrected chi connectivity index (χ4v) is 1.20. The minimum Gasteiger partial charge on any atom is -0.394 e. The number of anilines is 2. The molecule has 0 aliphatic rings. The molecular weight excluding hydrogens is 254 g/mol. The summed E-state index contributed by atoms with van der Waals surface area (Å²) in [5.74, 6) is 5.78. The predicted octanol–water partition coefficient (Wildman–Crippen LogP) is -2.50. The largest absolute Gasteiger partial charge is 0.394 e. The summed E-state index contributed by atoms with van der Waals surface area (Å²) in [6.07, 6.45) is 1.84. The molecule has 102 valence electrons. The molecule has 19 heavy (non-hydrogen) atoms. The number of hydrogen-bond acceptors (Lipinski definition) is 10. The maximum Gasteiger partial charge on any atom is 0.258 e. The zero-order valence-electron chi connectivity index (χ0n) is 9.80. The lowest BCUT2D eigenvalue weighted by molar-refractivity contribution is 0.105. The maximum absolute atomic E-state index is 9.25. The van der Waals surface area contributed by atoms with E-state index in [-0.39, 0.29) is 31.0 Å². The minimum atomic E-state index is -0.916. The fraction of sp³-hybridized carbons (Fsp3) is 0.375. The number of aliphatic hydroxyl groups excluding tert-OH is 2. The summed E-state index contributed by atoms with van der Waals surface area (Å²) < 4.78 is 1.33. The number of nitrogens with two attached hydrogens (primary N) is 1. The van der Waals surface area contributed by atoms with E-state index in [1.807, 2.05) is 0 Å². The van der Waals surface area contributed by atoms with Gasteiger partial charge in [0.05, 0.1) is 12.7 Å². The quantitative estimate of drug-likeness (QED) is 0.279. The molecule has 0 saturated heterocycles. The molecule has 2 aromatic heterocycles. The Morgan fingerprint density at radius 3 is 2.74 bits per heavy atom. The van der Waals surface area contributed by atoms with Gasteiger partial charge in [0.2, 0.25) is 11.9 Å². The van der Waals surface area contributed by atoms with Crippen molar-refractivity contribution in [3.05, 3.63) is 12.7 Å². The van der Waals surface area contributed by atoms with Crippen molar-refractivity contribution in [3.63, 3.8) is 0 Å². The van der Waals surface area contributed by atoms with Crippen molar-refractivity contribution in [2.75, 3.05) is 23.9 Å². The molecular formula is C8H13N9O2. The molecule has 1 unspecified atom stereocenters. The first-order valence-electron chi connectivity index (χ1n) is 5.33. The van der Waals surface area contributed by atoms with Gasteiger partial charge in [-0.05, 0) is 0 Å². The van der Waals surface area contributed by atoms with Crippen molar-refractivity contribution in [1.82, 2.24) is 29.7 Å². The Morgan fingerprint density at radius 1 is 1.32 bits per heavy atom. The molecule has 0 radical (unpaired) electrons. The first-order chi connectivity index (χ1) is 9.22. The van der Waals surface area contributed by atoms with Crippen LogP contribution in [0.3, 0.4) is 0 Å². The van der Waals surface area contributed by atoms with Gasteiger partial charge >= 0.3 is 0 Å². The van der Waals surface area contributed by atoms with E-state index in [1.165, 1.54) is 17.3 Å². The molecule has 0 aromatic carbocycles. The first kappa shape index (κ1) is 13.1. The summed E-state index contributed by atoms with van der Waals surface area (Å²) in [5.41, 5.74) is 2.30. The van der Waals surface area contributed by atoms with Crippen LogP contribution < -0.4 is 16.6 Å². The average Bonchev–Trinajstić information content (AvgIpc) is 2.98. The number of hydrogen-bond donors (Lipinski definition) is 5. The molecule has 0 saturated carbocycles. The van der Waals surface area contributed by atoms with Gasteiger partial charge in [0, 0.05) is 6.54 Å². The van der Waals surface area contributed by atoms with E-state index in [4.69, 9.17) is 10.9 Å². The SMILES string of the molecule is NNc1nc(NCC(O)CO)nc(-n2cncn2)n1. The van der Waals surface area contributed by atoms with Crippen LogP contribution in [0.25, 0.3) is 5.95 Å². The Hall–Kier alpha value is -2.37. The molecule has 0 fully saturated rings. The third-order valence-electron chi connectivity index (χ3n) is 2.08. The molecule has 0 amide bonds. The van der Waals surface area contributed by atoms with Gasteiger partial charge in [0.25, 0.3) is 5.95 Å². The predicted molar refractivity (Wildman–Crippen MR) is 64.1 cm³/mol. The Balaban J connectivity index is 2.21. The van der Waals surface area contributed by atoms with Gasteiger partial charge in [0.1, 0.15) is 12.7 Å². The van der Waals surface area contributed by atoms with Crippen LogP contribution in [0.4, 0.5) is 11.9 Å². The van der Waals surface area contributed by atoms with Gasteiger partial charge < -0.3 is 15.5 Å². The summed E-state index contributed by atoms with van der Waals surface area (Å²) >= 11 is 0. The number of nitrogen functional groups attached to an aromatic ring is 1. The second-order valence-corrected chi connectivity index (χ2v) is 3.48. The minimum absolute atomic E-state index is 0.0846. The summed E-state index contributed by atoms with van der Waals surface area (Å²) in [4.78, 5) is 15.8. The zero-order chi connectivity index (χ0) is 13.7. The van der Waals surface area contributed by atoms with Crippen LogP contribution in [0.1, 0.15) is 0 Å². The lowest BCUT2D eigenvalue weighted by Gasteiger charge is -2.10. The highest BCUT2D eigenvalue weighted by Crippen LogP contribution is 2.07. The van der Waals surface area contributed by atoms with Crippen LogP contribution in [-0.4, -0.2) is 59.2 Å². The number of rotatable bonds is 6. The third kappa shape index (κ3) is 3.31. The standard InChI is InChI=1S/C8H13N9O2/c9-16-7-13-6(11-1-5(19)2-18)14-8(15-7)17-4-10-3-12-17/h3-5,18-19H,1-2,9H2,(H2,11,13,14,15,16). The highest BCUT2D eigenvalue weighted by molar-refractivity contribution is 5.36. The molecule has 1 atom stereocenters. The van der Waals surface area contributed by atoms with E-state index in [0.717, 1.165) is 0 Å². The third-order valence-corrected chi connectivity index (χ3v) is 2.08. The van der Waals surface area contributed by atoms with Crippen LogP contribution in [0.2, 0.25) is 0 Å². The van der Waals surface area contributed by atoms with Gasteiger partial charge in [-0.2, -0.15) is 24.7 Å². The lowest BCUT2D eigenvalue weighted by atomic mass is 10.4. The number of aliphatic hydroxyl groups is 2. The Bertz CT molecular complexity index is 517. The molecule has 11 heteroatoms. The molecule has 0 aliphatic heterocycles. The number of nitrogens with one attached hydrogen (secondary N) is 2. The van der Waals surface area contributed by atoms with Crippen molar-refractivity contribution in [1.29, 1.82) is 0 Å². The maximum atomic E-state index is 9.25. The van der Waals surface area contributed by atoms with Gasteiger partial charge in [-0.3, -0.25) is 5.43 Å². The molecule has 2 aromatic rings. The van der Waals surface area contributed by atoms with Crippen molar-refractivity contribution >= 4 is 11.9 Å². The van der Waals surface area contributed by atoms with Crippen LogP contribution >= 0.6 is 0 Å². The topological polar surface area (TPSA) is 160 Å². The van der Waals surface area contributed by atoms with Gasteiger partial charge in [0.15, 0.2) is 0 Å². The number of hydrazine groups is 1. The first-order valence-corrected chi connectivity index (χ1v) is 5.33. The van der Waals surface area contributed by atoms with E-state index in [9.17, 15) is 5.11 Å². The highest BCUT2D eigenvalue weighted by atomic mass is 16.3. The van der Waals surface area contributed by atoms with E-state index >= 15 is 0 Å². The highest BCUT2D eigenvalue weighted by Gasteiger charge is 2.09. The summed E-state index contributed by atoms with van der Waals surface area (Å²) in [7, 11) is 0. The van der Waals surface area contributed by atoms with Crippen LogP contribution in [0, 0.1) is 0 Å². The second kappa shape index (κ2) is 5.99. The fourth-order valence-electron chi connectivity index (χ4n) is 1.20. The van der Waals surface area contributed by atoms with Gasteiger partial charge in [-0.1, -0.05) is 0 Å². The van der Waals surface area contributed by atoms with Gasteiger partial charge in [-0.25, -0.2) is 10.8 Å². The van der Waals surface area contributed by atoms with Crippen molar-refractivity contribution < 1.29 is 10.2 Å². The number of nitrogens with zero attached hydrogens (tertiary/aromatic N) is 6. The molecule has 11 nitrogen and oxygen atoms in total. The van der Waals surface area contributed by atoms with Gasteiger partial charge in [-0.15, -0.1) is 0 Å². The van der Waals surface area contributed by atoms with Crippen molar-refractivity contribution in [2.45, 2.75) is 6.10 Å². The van der Waals surface area contributed by atoms with E-state index in [1.54, 1.807) is 0 Å². The normalized spacial score (nSPS) is 12.2. The average molecular weight is 267 g/mol. The summed E-state index contributed by atoms with van der Waals surface area (Å²) in [6.45, 7) is -0.280. The van der Waals surface area contributed by atoms with Crippen molar-refractivity contribution in [3.8, 4) is 5.95 Å². The van der Waals surface area contributed by atoms with Crippen LogP contribution in [0.15, 0.2) is 12.7 Å². The molecule has 0 aliphatic carbocycles. The van der Waals surface area contributed by atoms with Crippen LogP contribution in [0.5, 0.6) is 0 Å². The van der Waals surface area contributed by atoms with Crippen LogP contribution in [-0.2, 0) is 0 Å². The summed E-state index contributed by atoms with van der Waals surface area (Å²) in [6, 6.07) is 0. The van der Waals surface area contributed by atoms with E-state index < -0.39 is 6.10 Å². The Labute approximate surface area is 107 Å². The number of aromatic nitrogens is 6. The van der Waals surface area contributed by atoms with E-state index in [2.05, 4.69) is 35.8 Å². The molecule has 0 bridgehead atoms. The summed E-state index contributed by atoms with van der Waals surface area (Å²) in [5, 5.41) is 24.6. The molecule has 6 N–H and O–H groups in total. The Kier molecular flexibility index (Phi) is 4.12. The monoisotopic (exact) mass is 267 g/mol. The van der Waals surface area contributed by atoms with Crippen molar-refractivity contribution in [2.24, 2.45) is 5.84 Å². The second-order valence-electron chi connectivity index (χ2n) is 3.48. The smallest absolute Gasteiger partial charge is 0.258 e. The molecule has 0 spiro atoms.